The summed E-state index contributed by atoms with van der Waals surface area (Å²) in [5.41, 5.74) is 3.42. The maximum Gasteiger partial charge on any atom is 0.274 e. The average Bonchev–Trinajstić information content (AvgIpc) is 3.06. The van der Waals surface area contributed by atoms with Crippen molar-refractivity contribution in [1.29, 1.82) is 0 Å². The Morgan fingerprint density at radius 1 is 1.10 bits per heavy atom. The van der Waals surface area contributed by atoms with E-state index in [9.17, 15) is 4.79 Å². The number of aryl methyl sites for hydroxylation is 2. The standard InChI is InChI=1S/C24H30N2O3/c1-13-5-4-6-21(14(13)2)28-12-20-15(3)29-26-23(20)24(27)25-22-18-8-16-7-17(10-18)11-19(22)9-16/h4-6,16-19,22H,7-12H2,1-3H3,(H,25,27). The monoisotopic (exact) mass is 394 g/mol. The number of aromatic nitrogens is 1. The van der Waals surface area contributed by atoms with Crippen LogP contribution >= 0.6 is 0 Å². The van der Waals surface area contributed by atoms with Crippen LogP contribution in [0.3, 0.4) is 0 Å². The van der Waals surface area contributed by atoms with Crippen molar-refractivity contribution in [2.24, 2.45) is 23.7 Å². The van der Waals surface area contributed by atoms with E-state index in [1.165, 1.54) is 37.7 Å². The lowest BCUT2D eigenvalue weighted by atomic mass is 9.54. The lowest BCUT2D eigenvalue weighted by Gasteiger charge is -2.54. The van der Waals surface area contributed by atoms with Crippen LogP contribution in [0, 0.1) is 44.4 Å². The first-order chi connectivity index (χ1) is 14.0. The van der Waals surface area contributed by atoms with Crippen molar-refractivity contribution in [3.8, 4) is 5.75 Å². The second kappa shape index (κ2) is 7.19. The molecule has 0 spiro atoms. The Balaban J connectivity index is 1.30. The maximum absolute atomic E-state index is 13.1. The quantitative estimate of drug-likeness (QED) is 0.796. The van der Waals surface area contributed by atoms with Crippen LogP contribution in [0.25, 0.3) is 0 Å². The van der Waals surface area contributed by atoms with Gasteiger partial charge in [0.2, 0.25) is 0 Å². The Kier molecular flexibility index (Phi) is 4.64. The number of benzene rings is 1. The van der Waals surface area contributed by atoms with Crippen LogP contribution in [-0.2, 0) is 6.61 Å². The van der Waals surface area contributed by atoms with Gasteiger partial charge in [-0.1, -0.05) is 17.3 Å². The van der Waals surface area contributed by atoms with Gasteiger partial charge in [-0.2, -0.15) is 0 Å². The van der Waals surface area contributed by atoms with Crippen LogP contribution in [0.15, 0.2) is 22.7 Å². The molecule has 0 saturated heterocycles. The second-order valence-electron chi connectivity index (χ2n) is 9.48. The fourth-order valence-corrected chi connectivity index (χ4v) is 6.15. The fourth-order valence-electron chi connectivity index (χ4n) is 6.15. The van der Waals surface area contributed by atoms with Crippen molar-refractivity contribution >= 4 is 5.91 Å². The lowest BCUT2D eigenvalue weighted by Crippen LogP contribution is -2.55. The molecule has 0 atom stereocenters. The van der Waals surface area contributed by atoms with Crippen LogP contribution < -0.4 is 10.1 Å². The number of ether oxygens (including phenoxy) is 1. The zero-order valence-electron chi connectivity index (χ0n) is 17.5. The number of rotatable bonds is 5. The molecule has 1 aromatic heterocycles. The van der Waals surface area contributed by atoms with Gasteiger partial charge in [-0.05, 0) is 93.7 Å². The van der Waals surface area contributed by atoms with E-state index >= 15 is 0 Å². The highest BCUT2D eigenvalue weighted by atomic mass is 16.5. The number of hydrogen-bond donors (Lipinski definition) is 1. The predicted molar refractivity (Wildman–Crippen MR) is 110 cm³/mol. The van der Waals surface area contributed by atoms with Gasteiger partial charge in [0, 0.05) is 6.04 Å². The highest BCUT2D eigenvalue weighted by Crippen LogP contribution is 2.53. The summed E-state index contributed by atoms with van der Waals surface area (Å²) >= 11 is 0. The molecular formula is C24H30N2O3. The Morgan fingerprint density at radius 2 is 1.79 bits per heavy atom. The van der Waals surface area contributed by atoms with Crippen molar-refractivity contribution < 1.29 is 14.1 Å². The van der Waals surface area contributed by atoms with E-state index in [1.807, 2.05) is 26.0 Å². The van der Waals surface area contributed by atoms with Crippen LogP contribution in [-0.4, -0.2) is 17.1 Å². The summed E-state index contributed by atoms with van der Waals surface area (Å²) in [5, 5.41) is 7.42. The minimum Gasteiger partial charge on any atom is -0.488 e. The van der Waals surface area contributed by atoms with Crippen LogP contribution in [0.5, 0.6) is 5.75 Å². The van der Waals surface area contributed by atoms with E-state index in [1.54, 1.807) is 0 Å². The molecule has 4 aliphatic rings. The van der Waals surface area contributed by atoms with Crippen LogP contribution in [0.2, 0.25) is 0 Å². The highest BCUT2D eigenvalue weighted by molar-refractivity contribution is 5.94. The molecule has 0 radical (unpaired) electrons. The SMILES string of the molecule is Cc1cccc(OCc2c(C(=O)NC3C4CC5CC(C4)CC3C5)noc2C)c1C. The summed E-state index contributed by atoms with van der Waals surface area (Å²) in [6.45, 7) is 6.24. The summed E-state index contributed by atoms with van der Waals surface area (Å²) in [6, 6.07) is 6.30. The summed E-state index contributed by atoms with van der Waals surface area (Å²) < 4.78 is 11.4. The maximum atomic E-state index is 13.1. The molecule has 0 aliphatic heterocycles. The fraction of sp³-hybridized carbons (Fsp3) is 0.583. The van der Waals surface area contributed by atoms with Gasteiger partial charge in [-0.3, -0.25) is 4.79 Å². The summed E-state index contributed by atoms with van der Waals surface area (Å²) in [5.74, 6) is 4.42. The Hall–Kier alpha value is -2.30. The summed E-state index contributed by atoms with van der Waals surface area (Å²) in [4.78, 5) is 13.1. The number of amides is 1. The largest absolute Gasteiger partial charge is 0.488 e. The molecule has 4 bridgehead atoms. The molecule has 5 heteroatoms. The van der Waals surface area contributed by atoms with E-state index in [0.717, 1.165) is 28.7 Å². The molecular weight excluding hydrogens is 364 g/mol. The minimum absolute atomic E-state index is 0.112. The van der Waals surface area contributed by atoms with Gasteiger partial charge in [0.1, 0.15) is 18.1 Å². The molecule has 2 aromatic rings. The van der Waals surface area contributed by atoms with Gasteiger partial charge < -0.3 is 14.6 Å². The molecule has 5 nitrogen and oxygen atoms in total. The summed E-state index contributed by atoms with van der Waals surface area (Å²) in [6.07, 6.45) is 6.52. The van der Waals surface area contributed by atoms with Gasteiger partial charge in [0.15, 0.2) is 5.69 Å². The normalized spacial score (nSPS) is 29.8. The van der Waals surface area contributed by atoms with Crippen molar-refractivity contribution in [3.63, 3.8) is 0 Å². The van der Waals surface area contributed by atoms with Gasteiger partial charge >= 0.3 is 0 Å². The number of nitrogens with one attached hydrogen (secondary N) is 1. The molecule has 1 amide bonds. The number of hydrogen-bond acceptors (Lipinski definition) is 4. The molecule has 154 valence electrons. The minimum atomic E-state index is -0.112. The molecule has 1 aromatic carbocycles. The van der Waals surface area contributed by atoms with E-state index in [-0.39, 0.29) is 12.5 Å². The third-order valence-corrected chi connectivity index (χ3v) is 7.65. The van der Waals surface area contributed by atoms with E-state index in [2.05, 4.69) is 23.5 Å². The third-order valence-electron chi connectivity index (χ3n) is 7.65. The average molecular weight is 395 g/mol. The smallest absolute Gasteiger partial charge is 0.274 e. The first kappa shape index (κ1) is 18.7. The van der Waals surface area contributed by atoms with E-state index in [0.29, 0.717) is 29.3 Å². The first-order valence-electron chi connectivity index (χ1n) is 10.9. The highest BCUT2D eigenvalue weighted by Gasteiger charge is 2.48. The molecule has 6 rings (SSSR count). The zero-order chi connectivity index (χ0) is 20.1. The van der Waals surface area contributed by atoms with Crippen molar-refractivity contribution in [2.75, 3.05) is 0 Å². The predicted octanol–water partition coefficient (Wildman–Crippen LogP) is 4.73. The number of carbonyl (C=O) groups is 1. The zero-order valence-corrected chi connectivity index (χ0v) is 17.5. The van der Waals surface area contributed by atoms with Crippen molar-refractivity contribution in [3.05, 3.63) is 46.3 Å². The molecule has 1 heterocycles. The molecule has 4 saturated carbocycles. The van der Waals surface area contributed by atoms with E-state index < -0.39 is 0 Å². The van der Waals surface area contributed by atoms with Gasteiger partial charge in [-0.15, -0.1) is 0 Å². The Labute approximate surface area is 172 Å². The second-order valence-corrected chi connectivity index (χ2v) is 9.48. The molecule has 0 unspecified atom stereocenters. The van der Waals surface area contributed by atoms with Crippen molar-refractivity contribution in [1.82, 2.24) is 10.5 Å². The van der Waals surface area contributed by atoms with Crippen LogP contribution in [0.1, 0.15) is 65.0 Å². The third kappa shape index (κ3) is 3.34. The number of nitrogens with zero attached hydrogens (tertiary/aromatic N) is 1. The van der Waals surface area contributed by atoms with Crippen molar-refractivity contribution in [2.45, 2.75) is 65.5 Å². The Morgan fingerprint density at radius 3 is 2.48 bits per heavy atom. The van der Waals surface area contributed by atoms with Gasteiger partial charge in [0.25, 0.3) is 5.91 Å². The topological polar surface area (TPSA) is 64.4 Å². The molecule has 4 fully saturated rings. The van der Waals surface area contributed by atoms with Crippen LogP contribution in [0.4, 0.5) is 0 Å². The van der Waals surface area contributed by atoms with E-state index in [4.69, 9.17) is 9.26 Å². The van der Waals surface area contributed by atoms with Gasteiger partial charge in [0.05, 0.1) is 5.56 Å². The molecule has 4 aliphatic carbocycles. The lowest BCUT2D eigenvalue weighted by molar-refractivity contribution is -0.0120. The Bertz CT molecular complexity index is 904. The summed E-state index contributed by atoms with van der Waals surface area (Å²) in [7, 11) is 0. The molecule has 29 heavy (non-hydrogen) atoms. The molecule has 1 N–H and O–H groups in total. The number of carbonyl (C=O) groups excluding carboxylic acids is 1. The van der Waals surface area contributed by atoms with Gasteiger partial charge in [-0.25, -0.2) is 0 Å². The first-order valence-corrected chi connectivity index (χ1v) is 10.9.